The normalized spacial score (nSPS) is 26.2. The first-order chi connectivity index (χ1) is 6.40. The van der Waals surface area contributed by atoms with Crippen molar-refractivity contribution < 1.29 is 14.3 Å². The highest BCUT2D eigenvalue weighted by atomic mass is 16.6. The van der Waals surface area contributed by atoms with Gasteiger partial charge >= 0.3 is 6.09 Å². The second-order valence-corrected chi connectivity index (χ2v) is 4.71. The van der Waals surface area contributed by atoms with Crippen LogP contribution in [-0.4, -0.2) is 24.0 Å². The molecular formula is C10H17NO3. The van der Waals surface area contributed by atoms with Crippen molar-refractivity contribution in [3.63, 3.8) is 0 Å². The Morgan fingerprint density at radius 1 is 1.43 bits per heavy atom. The average molecular weight is 199 g/mol. The number of hydrogen-bond donors (Lipinski definition) is 1. The van der Waals surface area contributed by atoms with Crippen LogP contribution in [0.5, 0.6) is 0 Å². The number of amides is 1. The predicted molar refractivity (Wildman–Crippen MR) is 51.9 cm³/mol. The molecule has 0 atom stereocenters. The molecule has 4 heteroatoms. The molecule has 1 saturated carbocycles. The van der Waals surface area contributed by atoms with Gasteiger partial charge in [0.2, 0.25) is 0 Å². The molecule has 0 aliphatic heterocycles. The van der Waals surface area contributed by atoms with Gasteiger partial charge in [0.1, 0.15) is 11.9 Å². The molecule has 1 rings (SSSR count). The Kier molecular flexibility index (Phi) is 3.13. The molecule has 80 valence electrons. The van der Waals surface area contributed by atoms with Crippen molar-refractivity contribution in [3.8, 4) is 0 Å². The molecule has 4 nitrogen and oxygen atoms in total. The Bertz CT molecular complexity index is 226. The maximum atomic E-state index is 11.2. The Balaban J connectivity index is 2.20. The van der Waals surface area contributed by atoms with Crippen molar-refractivity contribution in [2.45, 2.75) is 45.3 Å². The minimum absolute atomic E-state index is 0.111. The van der Waals surface area contributed by atoms with E-state index in [4.69, 9.17) is 4.74 Å². The Morgan fingerprint density at radius 3 is 2.43 bits per heavy atom. The molecule has 1 N–H and O–H groups in total. The monoisotopic (exact) mass is 199 g/mol. The quantitative estimate of drug-likeness (QED) is 0.685. The zero-order valence-corrected chi connectivity index (χ0v) is 8.87. The number of nitrogens with one attached hydrogen (secondary N) is 1. The Labute approximate surface area is 84.0 Å². The molecule has 0 aromatic heterocycles. The molecule has 1 aliphatic carbocycles. The van der Waals surface area contributed by atoms with E-state index in [1.54, 1.807) is 0 Å². The first-order valence-electron chi connectivity index (χ1n) is 4.85. The number of ether oxygens (including phenoxy) is 1. The molecular weight excluding hydrogens is 182 g/mol. The zero-order valence-electron chi connectivity index (χ0n) is 8.87. The number of carbonyl (C=O) groups excluding carboxylic acids is 2. The Morgan fingerprint density at radius 2 is 2.00 bits per heavy atom. The summed E-state index contributed by atoms with van der Waals surface area (Å²) in [4.78, 5) is 21.5. The summed E-state index contributed by atoms with van der Waals surface area (Å²) in [7, 11) is 0. The van der Waals surface area contributed by atoms with Gasteiger partial charge in [0.05, 0.1) is 0 Å². The molecule has 1 aliphatic rings. The van der Waals surface area contributed by atoms with Crippen molar-refractivity contribution in [3.05, 3.63) is 0 Å². The van der Waals surface area contributed by atoms with E-state index in [0.29, 0.717) is 0 Å². The summed E-state index contributed by atoms with van der Waals surface area (Å²) in [5, 5.41) is 2.72. The molecule has 0 radical (unpaired) electrons. The number of aldehydes is 1. The van der Waals surface area contributed by atoms with Crippen molar-refractivity contribution in [2.75, 3.05) is 0 Å². The number of alkyl carbamates (subject to hydrolysis) is 1. The molecule has 0 spiro atoms. The van der Waals surface area contributed by atoms with Gasteiger partial charge in [-0.1, -0.05) is 0 Å². The molecule has 0 unspecified atom stereocenters. The summed E-state index contributed by atoms with van der Waals surface area (Å²) in [6, 6.07) is 0.111. The summed E-state index contributed by atoms with van der Waals surface area (Å²) >= 11 is 0. The van der Waals surface area contributed by atoms with Crippen LogP contribution in [0.4, 0.5) is 4.79 Å². The maximum absolute atomic E-state index is 11.2. The molecule has 0 bridgehead atoms. The highest BCUT2D eigenvalue weighted by Crippen LogP contribution is 2.25. The minimum atomic E-state index is -0.460. The first-order valence-corrected chi connectivity index (χ1v) is 4.85. The van der Waals surface area contributed by atoms with E-state index in [-0.39, 0.29) is 12.0 Å². The van der Waals surface area contributed by atoms with Gasteiger partial charge in [0.15, 0.2) is 0 Å². The van der Waals surface area contributed by atoms with Gasteiger partial charge in [-0.2, -0.15) is 0 Å². The minimum Gasteiger partial charge on any atom is -0.444 e. The van der Waals surface area contributed by atoms with Crippen LogP contribution in [0.3, 0.4) is 0 Å². The zero-order chi connectivity index (χ0) is 10.8. The standard InChI is InChI=1S/C10H17NO3/c1-10(2,3)14-9(13)11-8-4-7(5-8)6-12/h6-8H,4-5H2,1-3H3,(H,11,13). The summed E-state index contributed by atoms with van der Waals surface area (Å²) in [5.74, 6) is 0.120. The van der Waals surface area contributed by atoms with Crippen LogP contribution in [0.25, 0.3) is 0 Å². The molecule has 1 amide bonds. The fourth-order valence-electron chi connectivity index (χ4n) is 1.37. The highest BCUT2D eigenvalue weighted by Gasteiger charge is 2.31. The second kappa shape index (κ2) is 3.98. The summed E-state index contributed by atoms with van der Waals surface area (Å²) in [5.41, 5.74) is -0.460. The lowest BCUT2D eigenvalue weighted by Crippen LogP contribution is -2.46. The predicted octanol–water partition coefficient (Wildman–Crippen LogP) is 1.49. The summed E-state index contributed by atoms with van der Waals surface area (Å²) < 4.78 is 5.07. The second-order valence-electron chi connectivity index (χ2n) is 4.71. The lowest BCUT2D eigenvalue weighted by Gasteiger charge is -2.32. The van der Waals surface area contributed by atoms with E-state index in [9.17, 15) is 9.59 Å². The largest absolute Gasteiger partial charge is 0.444 e. The fourth-order valence-corrected chi connectivity index (χ4v) is 1.37. The van der Waals surface area contributed by atoms with E-state index in [1.807, 2.05) is 20.8 Å². The van der Waals surface area contributed by atoms with Gasteiger partial charge < -0.3 is 14.8 Å². The topological polar surface area (TPSA) is 55.4 Å². The van der Waals surface area contributed by atoms with E-state index in [2.05, 4.69) is 5.32 Å². The van der Waals surface area contributed by atoms with Gasteiger partial charge in [0.25, 0.3) is 0 Å². The van der Waals surface area contributed by atoms with Gasteiger partial charge in [0, 0.05) is 12.0 Å². The highest BCUT2D eigenvalue weighted by molar-refractivity contribution is 5.68. The van der Waals surface area contributed by atoms with E-state index in [0.717, 1.165) is 19.1 Å². The SMILES string of the molecule is CC(C)(C)OC(=O)NC1CC(C=O)C1. The molecule has 0 aromatic rings. The average Bonchev–Trinajstić information content (AvgIpc) is 1.91. The van der Waals surface area contributed by atoms with Crippen LogP contribution < -0.4 is 5.32 Å². The van der Waals surface area contributed by atoms with Crippen LogP contribution in [0.2, 0.25) is 0 Å². The first kappa shape index (κ1) is 11.0. The van der Waals surface area contributed by atoms with Crippen LogP contribution in [-0.2, 0) is 9.53 Å². The van der Waals surface area contributed by atoms with Crippen LogP contribution >= 0.6 is 0 Å². The number of carbonyl (C=O) groups is 2. The maximum Gasteiger partial charge on any atom is 0.407 e. The lowest BCUT2D eigenvalue weighted by molar-refractivity contribution is -0.113. The van der Waals surface area contributed by atoms with Crippen LogP contribution in [0.15, 0.2) is 0 Å². The van der Waals surface area contributed by atoms with Crippen LogP contribution in [0.1, 0.15) is 33.6 Å². The Hall–Kier alpha value is -1.06. The molecule has 0 aromatic carbocycles. The molecule has 0 heterocycles. The van der Waals surface area contributed by atoms with Gasteiger partial charge in [-0.05, 0) is 33.6 Å². The van der Waals surface area contributed by atoms with Gasteiger partial charge in [-0.25, -0.2) is 4.79 Å². The molecule has 14 heavy (non-hydrogen) atoms. The van der Waals surface area contributed by atoms with Crippen molar-refractivity contribution in [1.82, 2.24) is 5.32 Å². The van der Waals surface area contributed by atoms with E-state index in [1.165, 1.54) is 0 Å². The number of rotatable bonds is 2. The third kappa shape index (κ3) is 3.36. The van der Waals surface area contributed by atoms with E-state index >= 15 is 0 Å². The smallest absolute Gasteiger partial charge is 0.407 e. The summed E-state index contributed by atoms with van der Waals surface area (Å²) in [6.45, 7) is 5.46. The van der Waals surface area contributed by atoms with Crippen molar-refractivity contribution in [1.29, 1.82) is 0 Å². The van der Waals surface area contributed by atoms with E-state index < -0.39 is 11.7 Å². The molecule has 1 fully saturated rings. The van der Waals surface area contributed by atoms with Crippen molar-refractivity contribution in [2.24, 2.45) is 5.92 Å². The summed E-state index contributed by atoms with van der Waals surface area (Å²) in [6.07, 6.45) is 2.02. The number of hydrogen-bond acceptors (Lipinski definition) is 3. The fraction of sp³-hybridized carbons (Fsp3) is 0.800. The van der Waals surface area contributed by atoms with Crippen molar-refractivity contribution >= 4 is 12.4 Å². The van der Waals surface area contributed by atoms with Gasteiger partial charge in [-0.3, -0.25) is 0 Å². The third-order valence-corrected chi connectivity index (χ3v) is 2.09. The molecule has 0 saturated heterocycles. The van der Waals surface area contributed by atoms with Crippen LogP contribution in [0, 0.1) is 5.92 Å². The van der Waals surface area contributed by atoms with Gasteiger partial charge in [-0.15, -0.1) is 0 Å². The third-order valence-electron chi connectivity index (χ3n) is 2.09. The lowest BCUT2D eigenvalue weighted by atomic mass is 9.81.